The first-order chi connectivity index (χ1) is 8.85. The third kappa shape index (κ3) is 3.68. The number of rotatable bonds is 8. The molecule has 1 aromatic heterocycles. The van der Waals surface area contributed by atoms with Crippen molar-refractivity contribution in [2.24, 2.45) is 0 Å². The van der Waals surface area contributed by atoms with Crippen LogP contribution in [0.4, 0.5) is 5.82 Å². The molecule has 0 atom stereocenters. The average molecular weight is 249 g/mol. The Kier molecular flexibility index (Phi) is 4.96. The first kappa shape index (κ1) is 13.3. The van der Waals surface area contributed by atoms with Gasteiger partial charge in [0.25, 0.3) is 0 Å². The minimum absolute atomic E-state index is 0.173. The predicted molar refractivity (Wildman–Crippen MR) is 73.7 cm³/mol. The van der Waals surface area contributed by atoms with Crippen LogP contribution in [0.25, 0.3) is 0 Å². The van der Waals surface area contributed by atoms with Gasteiger partial charge < -0.3 is 15.3 Å². The van der Waals surface area contributed by atoms with E-state index in [2.05, 4.69) is 28.2 Å². The highest BCUT2D eigenvalue weighted by molar-refractivity contribution is 5.46. The Morgan fingerprint density at radius 3 is 2.94 bits per heavy atom. The molecule has 1 aliphatic rings. The maximum absolute atomic E-state index is 9.16. The lowest BCUT2D eigenvalue weighted by Gasteiger charge is -2.24. The molecule has 0 saturated heterocycles. The van der Waals surface area contributed by atoms with Crippen molar-refractivity contribution >= 4 is 5.82 Å². The monoisotopic (exact) mass is 249 g/mol. The van der Waals surface area contributed by atoms with Crippen LogP contribution in [0.15, 0.2) is 18.3 Å². The molecule has 4 nitrogen and oxygen atoms in total. The van der Waals surface area contributed by atoms with Crippen LogP contribution in [0.2, 0.25) is 0 Å². The number of nitrogens with one attached hydrogen (secondary N) is 1. The molecule has 0 unspecified atom stereocenters. The van der Waals surface area contributed by atoms with Gasteiger partial charge in [-0.2, -0.15) is 0 Å². The molecule has 1 fully saturated rings. The third-order valence-electron chi connectivity index (χ3n) is 3.19. The molecule has 0 spiro atoms. The van der Waals surface area contributed by atoms with Gasteiger partial charge in [0.15, 0.2) is 0 Å². The Labute approximate surface area is 109 Å². The van der Waals surface area contributed by atoms with Crippen molar-refractivity contribution in [1.82, 2.24) is 10.3 Å². The normalized spacial score (nSPS) is 14.8. The molecule has 1 aliphatic carbocycles. The standard InChI is InChI=1S/C14H23N3O/c1-2-8-17(9-10-18)14-12(4-3-7-15-14)11-16-13-5-6-13/h3-4,7,13,16,18H,2,5-6,8-11H2,1H3. The summed E-state index contributed by atoms with van der Waals surface area (Å²) in [6, 6.07) is 4.81. The summed E-state index contributed by atoms with van der Waals surface area (Å²) < 4.78 is 0. The zero-order chi connectivity index (χ0) is 12.8. The van der Waals surface area contributed by atoms with Gasteiger partial charge in [-0.15, -0.1) is 0 Å². The predicted octanol–water partition coefficient (Wildman–Crippen LogP) is 1.54. The molecule has 2 rings (SSSR count). The zero-order valence-corrected chi connectivity index (χ0v) is 11.1. The number of hydrogen-bond acceptors (Lipinski definition) is 4. The van der Waals surface area contributed by atoms with Crippen molar-refractivity contribution in [3.63, 3.8) is 0 Å². The van der Waals surface area contributed by atoms with Crippen LogP contribution in [0.3, 0.4) is 0 Å². The van der Waals surface area contributed by atoms with Gasteiger partial charge in [-0.05, 0) is 25.3 Å². The van der Waals surface area contributed by atoms with E-state index >= 15 is 0 Å². The topological polar surface area (TPSA) is 48.4 Å². The molecule has 18 heavy (non-hydrogen) atoms. The second-order valence-electron chi connectivity index (χ2n) is 4.85. The maximum Gasteiger partial charge on any atom is 0.133 e. The van der Waals surface area contributed by atoms with E-state index in [1.165, 1.54) is 18.4 Å². The Morgan fingerprint density at radius 2 is 2.28 bits per heavy atom. The van der Waals surface area contributed by atoms with Crippen LogP contribution in [0.5, 0.6) is 0 Å². The summed E-state index contributed by atoms with van der Waals surface area (Å²) in [5, 5.41) is 12.7. The molecular formula is C14H23N3O. The van der Waals surface area contributed by atoms with Crippen molar-refractivity contribution in [2.75, 3.05) is 24.6 Å². The van der Waals surface area contributed by atoms with E-state index < -0.39 is 0 Å². The molecule has 0 bridgehead atoms. The molecule has 0 radical (unpaired) electrons. The number of hydrogen-bond donors (Lipinski definition) is 2. The number of anilines is 1. The Morgan fingerprint density at radius 1 is 1.44 bits per heavy atom. The molecule has 1 aromatic rings. The third-order valence-corrected chi connectivity index (χ3v) is 3.19. The minimum atomic E-state index is 0.173. The van der Waals surface area contributed by atoms with Gasteiger partial charge in [-0.1, -0.05) is 13.0 Å². The fraction of sp³-hybridized carbons (Fsp3) is 0.643. The lowest BCUT2D eigenvalue weighted by molar-refractivity contribution is 0.301. The second-order valence-corrected chi connectivity index (χ2v) is 4.85. The van der Waals surface area contributed by atoms with Gasteiger partial charge in [0.1, 0.15) is 5.82 Å². The second kappa shape index (κ2) is 6.71. The van der Waals surface area contributed by atoms with E-state index in [9.17, 15) is 0 Å². The van der Waals surface area contributed by atoms with E-state index in [0.29, 0.717) is 12.6 Å². The van der Waals surface area contributed by atoms with Crippen molar-refractivity contribution in [1.29, 1.82) is 0 Å². The van der Waals surface area contributed by atoms with Gasteiger partial charge in [-0.3, -0.25) is 0 Å². The van der Waals surface area contributed by atoms with Gasteiger partial charge in [0.2, 0.25) is 0 Å². The maximum atomic E-state index is 9.16. The first-order valence-corrected chi connectivity index (χ1v) is 6.88. The fourth-order valence-electron chi connectivity index (χ4n) is 2.11. The Hall–Kier alpha value is -1.13. The Balaban J connectivity index is 2.06. The van der Waals surface area contributed by atoms with Crippen LogP contribution in [0.1, 0.15) is 31.7 Å². The summed E-state index contributed by atoms with van der Waals surface area (Å²) in [6.07, 6.45) is 5.48. The molecule has 0 aliphatic heterocycles. The number of aliphatic hydroxyl groups is 1. The SMILES string of the molecule is CCCN(CCO)c1ncccc1CNC1CC1. The van der Waals surface area contributed by atoms with Gasteiger partial charge >= 0.3 is 0 Å². The summed E-state index contributed by atoms with van der Waals surface area (Å²) in [5.74, 6) is 1.02. The smallest absolute Gasteiger partial charge is 0.133 e. The molecule has 2 N–H and O–H groups in total. The van der Waals surface area contributed by atoms with Crippen molar-refractivity contribution in [2.45, 2.75) is 38.8 Å². The highest BCUT2D eigenvalue weighted by Crippen LogP contribution is 2.22. The molecule has 100 valence electrons. The van der Waals surface area contributed by atoms with E-state index in [1.54, 1.807) is 0 Å². The van der Waals surface area contributed by atoms with E-state index in [1.807, 2.05) is 12.3 Å². The van der Waals surface area contributed by atoms with Gasteiger partial charge in [-0.25, -0.2) is 4.98 Å². The molecule has 0 amide bonds. The quantitative estimate of drug-likeness (QED) is 0.734. The van der Waals surface area contributed by atoms with Crippen LogP contribution in [-0.2, 0) is 6.54 Å². The number of nitrogens with zero attached hydrogens (tertiary/aromatic N) is 2. The molecule has 0 aromatic carbocycles. The molecule has 1 heterocycles. The number of pyridine rings is 1. The Bertz CT molecular complexity index is 360. The summed E-state index contributed by atoms with van der Waals surface area (Å²) in [6.45, 7) is 4.79. The fourth-order valence-corrected chi connectivity index (χ4v) is 2.11. The molecule has 1 saturated carbocycles. The van der Waals surface area contributed by atoms with E-state index in [0.717, 1.165) is 25.3 Å². The van der Waals surface area contributed by atoms with E-state index in [4.69, 9.17) is 5.11 Å². The van der Waals surface area contributed by atoms with Crippen molar-refractivity contribution in [3.8, 4) is 0 Å². The minimum Gasteiger partial charge on any atom is -0.395 e. The largest absolute Gasteiger partial charge is 0.395 e. The molecular weight excluding hydrogens is 226 g/mol. The number of aliphatic hydroxyl groups excluding tert-OH is 1. The van der Waals surface area contributed by atoms with Gasteiger partial charge in [0, 0.05) is 37.4 Å². The highest BCUT2D eigenvalue weighted by atomic mass is 16.3. The van der Waals surface area contributed by atoms with Crippen LogP contribution in [-0.4, -0.2) is 35.8 Å². The van der Waals surface area contributed by atoms with Crippen LogP contribution >= 0.6 is 0 Å². The summed E-state index contributed by atoms with van der Waals surface area (Å²) in [5.41, 5.74) is 1.23. The molecule has 4 heteroatoms. The lowest BCUT2D eigenvalue weighted by Crippen LogP contribution is -2.30. The summed E-state index contributed by atoms with van der Waals surface area (Å²) >= 11 is 0. The van der Waals surface area contributed by atoms with Gasteiger partial charge in [0.05, 0.1) is 6.61 Å². The van der Waals surface area contributed by atoms with Crippen molar-refractivity contribution < 1.29 is 5.11 Å². The zero-order valence-electron chi connectivity index (χ0n) is 11.1. The van der Waals surface area contributed by atoms with Crippen LogP contribution in [0, 0.1) is 0 Å². The van der Waals surface area contributed by atoms with E-state index in [-0.39, 0.29) is 6.61 Å². The summed E-state index contributed by atoms with van der Waals surface area (Å²) in [7, 11) is 0. The summed E-state index contributed by atoms with van der Waals surface area (Å²) in [4.78, 5) is 6.66. The van der Waals surface area contributed by atoms with Crippen molar-refractivity contribution in [3.05, 3.63) is 23.9 Å². The first-order valence-electron chi connectivity index (χ1n) is 6.88. The number of aromatic nitrogens is 1. The lowest BCUT2D eigenvalue weighted by atomic mass is 10.2. The van der Waals surface area contributed by atoms with Crippen LogP contribution < -0.4 is 10.2 Å². The average Bonchev–Trinajstić information content (AvgIpc) is 3.21. The highest BCUT2D eigenvalue weighted by Gasteiger charge is 2.21.